The van der Waals surface area contributed by atoms with E-state index in [4.69, 9.17) is 9.47 Å². The Hall–Kier alpha value is -2.57. The third-order valence-corrected chi connectivity index (χ3v) is 3.13. The summed E-state index contributed by atoms with van der Waals surface area (Å²) in [5.74, 6) is -1.07. The first-order valence-corrected chi connectivity index (χ1v) is 8.15. The van der Waals surface area contributed by atoms with Crippen LogP contribution in [0.4, 0.5) is 9.59 Å². The lowest BCUT2D eigenvalue weighted by molar-refractivity contribution is -0.143. The van der Waals surface area contributed by atoms with Gasteiger partial charge >= 0.3 is 18.2 Å². The monoisotopic (exact) mass is 351 g/mol. The molecule has 0 unspecified atom stereocenters. The van der Waals surface area contributed by atoms with E-state index in [1.54, 1.807) is 13.8 Å². The van der Waals surface area contributed by atoms with Crippen LogP contribution in [0.2, 0.25) is 0 Å². The topological polar surface area (TPSA) is 90.9 Å². The molecule has 1 aromatic carbocycles. The first-order valence-electron chi connectivity index (χ1n) is 8.15. The SMILES string of the molecule is CC(C)COC(=O)OC(=O)[C@H](NC(=O)OCc1ccccc1)C(C)C. The summed E-state index contributed by atoms with van der Waals surface area (Å²) in [6.07, 6.45) is -1.85. The van der Waals surface area contributed by atoms with Crippen molar-refractivity contribution in [3.63, 3.8) is 0 Å². The maximum absolute atomic E-state index is 12.1. The molecule has 0 saturated carbocycles. The van der Waals surface area contributed by atoms with Gasteiger partial charge in [-0.05, 0) is 17.4 Å². The largest absolute Gasteiger partial charge is 0.516 e. The molecule has 1 N–H and O–H groups in total. The summed E-state index contributed by atoms with van der Waals surface area (Å²) < 4.78 is 14.5. The summed E-state index contributed by atoms with van der Waals surface area (Å²) >= 11 is 0. The summed E-state index contributed by atoms with van der Waals surface area (Å²) in [5.41, 5.74) is 0.818. The van der Waals surface area contributed by atoms with Crippen LogP contribution in [0.15, 0.2) is 30.3 Å². The quantitative estimate of drug-likeness (QED) is 0.599. The molecular formula is C18H25NO6. The van der Waals surface area contributed by atoms with Gasteiger partial charge in [0, 0.05) is 0 Å². The average molecular weight is 351 g/mol. The Kier molecular flexibility index (Phi) is 8.46. The number of alkyl carbamates (subject to hydrolysis) is 1. The molecule has 0 spiro atoms. The lowest BCUT2D eigenvalue weighted by Gasteiger charge is -2.19. The van der Waals surface area contributed by atoms with Crippen LogP contribution in [0.5, 0.6) is 0 Å². The van der Waals surface area contributed by atoms with Crippen LogP contribution in [0, 0.1) is 11.8 Å². The van der Waals surface area contributed by atoms with Crippen LogP contribution in [0.25, 0.3) is 0 Å². The van der Waals surface area contributed by atoms with E-state index < -0.39 is 24.3 Å². The van der Waals surface area contributed by atoms with Crippen molar-refractivity contribution >= 4 is 18.2 Å². The zero-order valence-electron chi connectivity index (χ0n) is 15.0. The molecule has 0 fully saturated rings. The number of hydrogen-bond donors (Lipinski definition) is 1. The number of benzene rings is 1. The Bertz CT molecular complexity index is 570. The van der Waals surface area contributed by atoms with Crippen LogP contribution >= 0.6 is 0 Å². The van der Waals surface area contributed by atoms with Gasteiger partial charge in [0.15, 0.2) is 0 Å². The Morgan fingerprint density at radius 1 is 1.00 bits per heavy atom. The number of ether oxygens (including phenoxy) is 3. The van der Waals surface area contributed by atoms with Crippen LogP contribution < -0.4 is 5.32 Å². The fourth-order valence-electron chi connectivity index (χ4n) is 1.80. The molecule has 138 valence electrons. The van der Waals surface area contributed by atoms with Gasteiger partial charge in [0.2, 0.25) is 0 Å². The standard InChI is InChI=1S/C18H25NO6/c1-12(2)10-24-18(22)25-16(20)15(13(3)4)19-17(21)23-11-14-8-6-5-7-9-14/h5-9,12-13,15H,10-11H2,1-4H3,(H,19,21)/t15-/m1/s1. The maximum atomic E-state index is 12.1. The number of amides is 1. The second kappa shape index (κ2) is 10.3. The minimum atomic E-state index is -1.08. The highest BCUT2D eigenvalue weighted by Crippen LogP contribution is 2.07. The van der Waals surface area contributed by atoms with Crippen molar-refractivity contribution in [3.8, 4) is 0 Å². The summed E-state index contributed by atoms with van der Waals surface area (Å²) in [6, 6.07) is 8.11. The molecule has 1 aromatic rings. The summed E-state index contributed by atoms with van der Waals surface area (Å²) in [4.78, 5) is 35.4. The summed E-state index contributed by atoms with van der Waals surface area (Å²) in [7, 11) is 0. The molecule has 0 saturated heterocycles. The Morgan fingerprint density at radius 2 is 1.64 bits per heavy atom. The van der Waals surface area contributed by atoms with E-state index in [2.05, 4.69) is 10.1 Å². The zero-order chi connectivity index (χ0) is 18.8. The van der Waals surface area contributed by atoms with Gasteiger partial charge in [-0.1, -0.05) is 58.0 Å². The Morgan fingerprint density at radius 3 is 2.20 bits per heavy atom. The molecular weight excluding hydrogens is 326 g/mol. The first-order chi connectivity index (χ1) is 11.8. The van der Waals surface area contributed by atoms with Gasteiger partial charge < -0.3 is 19.5 Å². The molecule has 0 radical (unpaired) electrons. The van der Waals surface area contributed by atoms with Crippen molar-refractivity contribution in [2.24, 2.45) is 11.8 Å². The van der Waals surface area contributed by atoms with Crippen molar-refractivity contribution in [1.82, 2.24) is 5.32 Å². The molecule has 1 atom stereocenters. The lowest BCUT2D eigenvalue weighted by Crippen LogP contribution is -2.46. The van der Waals surface area contributed by atoms with Crippen LogP contribution in [0.3, 0.4) is 0 Å². The highest BCUT2D eigenvalue weighted by atomic mass is 16.7. The molecule has 0 aromatic heterocycles. The minimum Gasteiger partial charge on any atom is -0.445 e. The van der Waals surface area contributed by atoms with Crippen molar-refractivity contribution in [2.75, 3.05) is 6.61 Å². The van der Waals surface area contributed by atoms with Gasteiger partial charge in [-0.25, -0.2) is 14.4 Å². The second-order valence-corrected chi connectivity index (χ2v) is 6.30. The molecule has 1 rings (SSSR count). The predicted molar refractivity (Wildman–Crippen MR) is 90.7 cm³/mol. The molecule has 0 aliphatic carbocycles. The van der Waals surface area contributed by atoms with Crippen LogP contribution in [-0.4, -0.2) is 30.9 Å². The van der Waals surface area contributed by atoms with Crippen molar-refractivity contribution in [2.45, 2.75) is 40.3 Å². The average Bonchev–Trinajstić information content (AvgIpc) is 2.56. The Balaban J connectivity index is 2.50. The number of carbonyl (C=O) groups is 3. The van der Waals surface area contributed by atoms with Crippen molar-refractivity contribution in [1.29, 1.82) is 0 Å². The van der Waals surface area contributed by atoms with E-state index in [-0.39, 0.29) is 25.0 Å². The summed E-state index contributed by atoms with van der Waals surface area (Å²) in [5, 5.41) is 2.41. The van der Waals surface area contributed by atoms with Gasteiger partial charge in [-0.3, -0.25) is 0 Å². The van der Waals surface area contributed by atoms with Crippen LogP contribution in [0.1, 0.15) is 33.3 Å². The lowest BCUT2D eigenvalue weighted by atomic mass is 10.1. The molecule has 7 nitrogen and oxygen atoms in total. The smallest absolute Gasteiger partial charge is 0.445 e. The number of nitrogens with one attached hydrogen (secondary N) is 1. The molecule has 1 amide bonds. The number of rotatable bonds is 7. The fraction of sp³-hybridized carbons (Fsp3) is 0.500. The van der Waals surface area contributed by atoms with E-state index in [1.807, 2.05) is 44.2 Å². The van der Waals surface area contributed by atoms with E-state index in [0.29, 0.717) is 0 Å². The molecule has 7 heteroatoms. The van der Waals surface area contributed by atoms with E-state index in [0.717, 1.165) is 5.56 Å². The number of carbonyl (C=O) groups excluding carboxylic acids is 3. The highest BCUT2D eigenvalue weighted by molar-refractivity contribution is 5.88. The predicted octanol–water partition coefficient (Wildman–Crippen LogP) is 3.27. The normalized spacial score (nSPS) is 11.8. The third-order valence-electron chi connectivity index (χ3n) is 3.13. The van der Waals surface area contributed by atoms with E-state index in [9.17, 15) is 14.4 Å². The zero-order valence-corrected chi connectivity index (χ0v) is 15.0. The second-order valence-electron chi connectivity index (χ2n) is 6.30. The van der Waals surface area contributed by atoms with Gasteiger partial charge in [-0.15, -0.1) is 0 Å². The summed E-state index contributed by atoms with van der Waals surface area (Å²) in [6.45, 7) is 7.35. The van der Waals surface area contributed by atoms with Crippen molar-refractivity contribution < 1.29 is 28.6 Å². The van der Waals surface area contributed by atoms with Crippen LogP contribution in [-0.2, 0) is 25.6 Å². The van der Waals surface area contributed by atoms with E-state index >= 15 is 0 Å². The van der Waals surface area contributed by atoms with Gasteiger partial charge in [-0.2, -0.15) is 0 Å². The minimum absolute atomic E-state index is 0.0724. The maximum Gasteiger partial charge on any atom is 0.516 e. The molecule has 0 aliphatic rings. The van der Waals surface area contributed by atoms with Crippen molar-refractivity contribution in [3.05, 3.63) is 35.9 Å². The van der Waals surface area contributed by atoms with Gasteiger partial charge in [0.05, 0.1) is 6.61 Å². The number of esters is 1. The highest BCUT2D eigenvalue weighted by Gasteiger charge is 2.29. The fourth-order valence-corrected chi connectivity index (χ4v) is 1.80. The van der Waals surface area contributed by atoms with Gasteiger partial charge in [0.25, 0.3) is 0 Å². The third kappa shape index (κ3) is 8.19. The molecule has 25 heavy (non-hydrogen) atoms. The molecule has 0 aliphatic heterocycles. The molecule has 0 heterocycles. The molecule has 0 bridgehead atoms. The number of hydrogen-bond acceptors (Lipinski definition) is 6. The van der Waals surface area contributed by atoms with Gasteiger partial charge in [0.1, 0.15) is 12.6 Å². The first kappa shape index (κ1) is 20.5. The Labute approximate surface area is 147 Å². The van der Waals surface area contributed by atoms with E-state index in [1.165, 1.54) is 0 Å².